The number of benzene rings is 1. The third kappa shape index (κ3) is 3.66. The molecule has 1 aliphatic rings. The molecular formula is C25H24N6O. The van der Waals surface area contributed by atoms with E-state index in [9.17, 15) is 0 Å². The smallest absolute Gasteiger partial charge is 0.137 e. The van der Waals surface area contributed by atoms with E-state index in [4.69, 9.17) is 14.8 Å². The molecule has 0 bridgehead atoms. The molecule has 6 rings (SSSR count). The molecular weight excluding hydrogens is 400 g/mol. The Morgan fingerprint density at radius 3 is 2.72 bits per heavy atom. The third-order valence-electron chi connectivity index (χ3n) is 6.00. The van der Waals surface area contributed by atoms with Crippen LogP contribution >= 0.6 is 0 Å². The molecule has 1 aromatic carbocycles. The molecule has 4 heterocycles. The Morgan fingerprint density at radius 2 is 1.91 bits per heavy atom. The zero-order valence-corrected chi connectivity index (χ0v) is 17.9. The molecule has 0 radical (unpaired) electrons. The maximum absolute atomic E-state index is 5.23. The van der Waals surface area contributed by atoms with Crippen molar-refractivity contribution in [3.63, 3.8) is 0 Å². The lowest BCUT2D eigenvalue weighted by molar-refractivity contribution is 0.414. The summed E-state index contributed by atoms with van der Waals surface area (Å²) in [6, 6.07) is 14.3. The Hall–Kier alpha value is -3.87. The SMILES string of the molecule is COc1ccc(CNc2nccc3nn(Cc4cn5cc(C6CC6)ccc5n4)cc23)cc1. The number of imidazole rings is 1. The van der Waals surface area contributed by atoms with E-state index in [-0.39, 0.29) is 0 Å². The molecule has 1 N–H and O–H groups in total. The van der Waals surface area contributed by atoms with Gasteiger partial charge < -0.3 is 14.5 Å². The van der Waals surface area contributed by atoms with Crippen LogP contribution in [0.15, 0.2) is 67.3 Å². The van der Waals surface area contributed by atoms with E-state index in [0.29, 0.717) is 13.1 Å². The second kappa shape index (κ2) is 7.67. The van der Waals surface area contributed by atoms with Crippen molar-refractivity contribution in [2.24, 2.45) is 0 Å². The molecule has 4 aromatic heterocycles. The summed E-state index contributed by atoms with van der Waals surface area (Å²) in [6.07, 6.45) is 10.8. The van der Waals surface area contributed by atoms with Crippen LogP contribution in [0, 0.1) is 0 Å². The summed E-state index contributed by atoms with van der Waals surface area (Å²) in [5.74, 6) is 2.41. The summed E-state index contributed by atoms with van der Waals surface area (Å²) >= 11 is 0. The first-order valence-corrected chi connectivity index (χ1v) is 10.9. The average molecular weight is 425 g/mol. The molecule has 1 fully saturated rings. The van der Waals surface area contributed by atoms with Crippen LogP contribution in [0.3, 0.4) is 0 Å². The Bertz CT molecular complexity index is 1400. The summed E-state index contributed by atoms with van der Waals surface area (Å²) in [5.41, 5.74) is 5.45. The van der Waals surface area contributed by atoms with Gasteiger partial charge in [-0.2, -0.15) is 5.10 Å². The van der Waals surface area contributed by atoms with E-state index in [1.54, 1.807) is 13.3 Å². The van der Waals surface area contributed by atoms with Gasteiger partial charge in [0.25, 0.3) is 0 Å². The molecule has 0 spiro atoms. The molecule has 7 heteroatoms. The standard InChI is InChI=1S/C25H24N6O/c1-32-21-7-2-17(3-8-21)12-27-25-22-16-31(29-23(22)10-11-26-25)15-20-14-30-13-19(18-4-5-18)6-9-24(30)28-20/h2-3,6-11,13-14,16,18H,4-5,12,15H2,1H3,(H,26,27). The van der Waals surface area contributed by atoms with Gasteiger partial charge >= 0.3 is 0 Å². The van der Waals surface area contributed by atoms with Gasteiger partial charge in [0.15, 0.2) is 0 Å². The zero-order chi connectivity index (χ0) is 21.5. The normalized spacial score (nSPS) is 13.7. The molecule has 0 atom stereocenters. The van der Waals surface area contributed by atoms with Crippen LogP contribution in [0.4, 0.5) is 5.82 Å². The number of fused-ring (bicyclic) bond motifs is 2. The largest absolute Gasteiger partial charge is 0.497 e. The predicted octanol–water partition coefficient (Wildman–Crippen LogP) is 4.63. The summed E-state index contributed by atoms with van der Waals surface area (Å²) in [7, 11) is 1.67. The Balaban J connectivity index is 1.22. The number of nitrogens with one attached hydrogen (secondary N) is 1. The van der Waals surface area contributed by atoms with Crippen molar-refractivity contribution >= 4 is 22.4 Å². The van der Waals surface area contributed by atoms with Crippen molar-refractivity contribution in [1.82, 2.24) is 24.1 Å². The molecule has 0 unspecified atom stereocenters. The van der Waals surface area contributed by atoms with Gasteiger partial charge in [0, 0.05) is 31.3 Å². The fourth-order valence-corrected chi connectivity index (χ4v) is 4.11. The second-order valence-corrected chi connectivity index (χ2v) is 8.36. The van der Waals surface area contributed by atoms with Crippen LogP contribution in [-0.2, 0) is 13.1 Å². The van der Waals surface area contributed by atoms with Crippen molar-refractivity contribution in [3.05, 3.63) is 84.1 Å². The summed E-state index contributed by atoms with van der Waals surface area (Å²) in [4.78, 5) is 9.31. The number of aromatic nitrogens is 5. The van der Waals surface area contributed by atoms with Gasteiger partial charge in [-0.05, 0) is 54.2 Å². The molecule has 7 nitrogen and oxygen atoms in total. The lowest BCUT2D eigenvalue weighted by atomic mass is 10.2. The fraction of sp³-hybridized carbons (Fsp3) is 0.240. The Morgan fingerprint density at radius 1 is 1.03 bits per heavy atom. The molecule has 1 aliphatic carbocycles. The molecule has 0 aliphatic heterocycles. The predicted molar refractivity (Wildman–Crippen MR) is 124 cm³/mol. The van der Waals surface area contributed by atoms with Gasteiger partial charge in [0.05, 0.1) is 30.3 Å². The number of anilines is 1. The van der Waals surface area contributed by atoms with Crippen LogP contribution in [0.2, 0.25) is 0 Å². The van der Waals surface area contributed by atoms with Gasteiger partial charge in [0.2, 0.25) is 0 Å². The first kappa shape index (κ1) is 18.9. The fourth-order valence-electron chi connectivity index (χ4n) is 4.11. The number of methoxy groups -OCH3 is 1. The highest BCUT2D eigenvalue weighted by Gasteiger charge is 2.23. The lowest BCUT2D eigenvalue weighted by Gasteiger charge is -2.07. The zero-order valence-electron chi connectivity index (χ0n) is 17.9. The highest BCUT2D eigenvalue weighted by atomic mass is 16.5. The van der Waals surface area contributed by atoms with E-state index in [1.807, 2.05) is 41.2 Å². The highest BCUT2D eigenvalue weighted by molar-refractivity contribution is 5.88. The van der Waals surface area contributed by atoms with Crippen LogP contribution in [-0.4, -0.2) is 31.3 Å². The first-order valence-electron chi connectivity index (χ1n) is 10.9. The molecule has 0 saturated heterocycles. The number of ether oxygens (including phenoxy) is 1. The monoisotopic (exact) mass is 424 g/mol. The highest BCUT2D eigenvalue weighted by Crippen LogP contribution is 2.39. The van der Waals surface area contributed by atoms with Crippen molar-refractivity contribution in [2.45, 2.75) is 31.8 Å². The van der Waals surface area contributed by atoms with E-state index in [0.717, 1.165) is 45.3 Å². The van der Waals surface area contributed by atoms with E-state index < -0.39 is 0 Å². The number of rotatable bonds is 7. The topological polar surface area (TPSA) is 69.3 Å². The van der Waals surface area contributed by atoms with Crippen LogP contribution in [0.5, 0.6) is 5.75 Å². The van der Waals surface area contributed by atoms with Crippen molar-refractivity contribution in [2.75, 3.05) is 12.4 Å². The number of hydrogen-bond acceptors (Lipinski definition) is 5. The average Bonchev–Trinajstić information content (AvgIpc) is 3.47. The van der Waals surface area contributed by atoms with Crippen molar-refractivity contribution in [1.29, 1.82) is 0 Å². The minimum absolute atomic E-state index is 0.618. The van der Waals surface area contributed by atoms with Crippen LogP contribution in [0.25, 0.3) is 16.6 Å². The van der Waals surface area contributed by atoms with Gasteiger partial charge in [-0.3, -0.25) is 4.68 Å². The van der Waals surface area contributed by atoms with Crippen molar-refractivity contribution in [3.8, 4) is 5.75 Å². The van der Waals surface area contributed by atoms with Crippen LogP contribution < -0.4 is 10.1 Å². The minimum Gasteiger partial charge on any atom is -0.497 e. The maximum Gasteiger partial charge on any atom is 0.137 e. The molecule has 1 saturated carbocycles. The minimum atomic E-state index is 0.618. The third-order valence-corrected chi connectivity index (χ3v) is 6.00. The quantitative estimate of drug-likeness (QED) is 0.413. The lowest BCUT2D eigenvalue weighted by Crippen LogP contribution is -2.01. The van der Waals surface area contributed by atoms with E-state index >= 15 is 0 Å². The number of hydrogen-bond donors (Lipinski definition) is 1. The van der Waals surface area contributed by atoms with Crippen LogP contribution in [0.1, 0.15) is 35.6 Å². The van der Waals surface area contributed by atoms with Gasteiger partial charge in [-0.15, -0.1) is 0 Å². The molecule has 160 valence electrons. The maximum atomic E-state index is 5.23. The summed E-state index contributed by atoms with van der Waals surface area (Å²) < 4.78 is 9.30. The summed E-state index contributed by atoms with van der Waals surface area (Å²) in [5, 5.41) is 9.18. The van der Waals surface area contributed by atoms with Gasteiger partial charge in [-0.1, -0.05) is 18.2 Å². The molecule has 32 heavy (non-hydrogen) atoms. The van der Waals surface area contributed by atoms with Crippen molar-refractivity contribution < 1.29 is 4.74 Å². The summed E-state index contributed by atoms with van der Waals surface area (Å²) in [6.45, 7) is 1.30. The van der Waals surface area contributed by atoms with Gasteiger partial charge in [-0.25, -0.2) is 9.97 Å². The van der Waals surface area contributed by atoms with E-state index in [1.165, 1.54) is 18.4 Å². The Labute approximate surface area is 185 Å². The second-order valence-electron chi connectivity index (χ2n) is 8.36. The Kier molecular flexibility index (Phi) is 4.52. The molecule has 0 amide bonds. The number of pyridine rings is 2. The van der Waals surface area contributed by atoms with Gasteiger partial charge in [0.1, 0.15) is 17.2 Å². The number of nitrogens with zero attached hydrogens (tertiary/aromatic N) is 5. The van der Waals surface area contributed by atoms with E-state index in [2.05, 4.69) is 39.2 Å². The first-order chi connectivity index (χ1) is 15.7. The molecule has 5 aromatic rings.